The summed E-state index contributed by atoms with van der Waals surface area (Å²) in [6.45, 7) is 0. The van der Waals surface area contributed by atoms with Gasteiger partial charge in [-0.2, -0.15) is 0 Å². The highest BCUT2D eigenvalue weighted by Crippen LogP contribution is 2.08. The average molecular weight is 158 g/mol. The Morgan fingerprint density at radius 1 is 1.44 bits per heavy atom. The van der Waals surface area contributed by atoms with Crippen molar-refractivity contribution in [3.63, 3.8) is 0 Å². The van der Waals surface area contributed by atoms with E-state index in [-0.39, 0.29) is 0 Å². The lowest BCUT2D eigenvalue weighted by Gasteiger charge is -1.97. The molecule has 0 heterocycles. The molecule has 0 radical (unpaired) electrons. The zero-order valence-electron chi connectivity index (χ0n) is 5.19. The van der Waals surface area contributed by atoms with Crippen LogP contribution in [0.3, 0.4) is 0 Å². The predicted molar refractivity (Wildman–Crippen MR) is 45.4 cm³/mol. The summed E-state index contributed by atoms with van der Waals surface area (Å²) in [5.74, 6) is 0. The maximum Gasteiger partial charge on any atom is 0.0426 e. The summed E-state index contributed by atoms with van der Waals surface area (Å²) in [7, 11) is 0.990. The molecule has 0 fully saturated rings. The van der Waals surface area contributed by atoms with Crippen molar-refractivity contribution in [1.82, 2.24) is 0 Å². The first-order chi connectivity index (χ1) is 4.20. The highest BCUT2D eigenvalue weighted by atomic mass is 35.5. The van der Waals surface area contributed by atoms with E-state index in [0.29, 0.717) is 5.02 Å². The zero-order chi connectivity index (χ0) is 6.85. The molecule has 0 amide bonds. The molecule has 0 aliphatic heterocycles. The van der Waals surface area contributed by atoms with Crippen LogP contribution in [-0.2, 0) is 0 Å². The van der Waals surface area contributed by atoms with Crippen molar-refractivity contribution >= 4 is 32.7 Å². The lowest BCUT2D eigenvalue weighted by Crippen LogP contribution is -2.08. The summed E-state index contributed by atoms with van der Waals surface area (Å²) < 4.78 is 0. The van der Waals surface area contributed by atoms with Crippen molar-refractivity contribution in [3.05, 3.63) is 23.2 Å². The highest BCUT2D eigenvalue weighted by Gasteiger charge is 1.91. The molecule has 0 aliphatic carbocycles. The number of hydrogen-bond acceptors (Lipinski definition) is 1. The predicted octanol–water partition coefficient (Wildman–Crippen LogP) is -0.0871. The van der Waals surface area contributed by atoms with Gasteiger partial charge >= 0.3 is 0 Å². The van der Waals surface area contributed by atoms with Crippen LogP contribution in [0.2, 0.25) is 5.02 Å². The number of hydrogen-bond donors (Lipinski definition) is 1. The first-order valence-electron chi connectivity index (χ1n) is 2.72. The van der Waals surface area contributed by atoms with Crippen LogP contribution in [0, 0.1) is 0 Å². The molecule has 0 spiro atoms. The Kier molecular flexibility index (Phi) is 1.78. The first kappa shape index (κ1) is 6.64. The minimum absolute atomic E-state index is 0.715. The molecule has 1 nitrogen and oxygen atoms in total. The van der Waals surface area contributed by atoms with Gasteiger partial charge in [-0.3, -0.25) is 0 Å². The van der Waals surface area contributed by atoms with E-state index in [4.69, 9.17) is 17.3 Å². The number of benzene rings is 1. The standard InChI is InChI=1S/C6H8ClNSi/c7-4-1-2-6(9)5(8)3-4/h1-3H,8H2,9H3. The number of halogens is 1. The maximum absolute atomic E-state index is 5.65. The third-order valence-electron chi connectivity index (χ3n) is 1.24. The molecule has 1 aromatic carbocycles. The summed E-state index contributed by atoms with van der Waals surface area (Å²) in [4.78, 5) is 0. The number of rotatable bonds is 0. The fourth-order valence-electron chi connectivity index (χ4n) is 0.611. The molecular weight excluding hydrogens is 150 g/mol. The third-order valence-corrected chi connectivity index (χ3v) is 2.39. The fourth-order valence-corrected chi connectivity index (χ4v) is 1.10. The summed E-state index contributed by atoms with van der Waals surface area (Å²) in [5, 5.41) is 1.92. The van der Waals surface area contributed by atoms with Crippen molar-refractivity contribution in [2.24, 2.45) is 0 Å². The van der Waals surface area contributed by atoms with Crippen LogP contribution in [0.1, 0.15) is 0 Å². The summed E-state index contributed by atoms with van der Waals surface area (Å²) in [6, 6.07) is 5.61. The first-order valence-corrected chi connectivity index (χ1v) is 4.09. The van der Waals surface area contributed by atoms with Gasteiger partial charge in [0.15, 0.2) is 0 Å². The van der Waals surface area contributed by atoms with Gasteiger partial charge in [0, 0.05) is 21.0 Å². The van der Waals surface area contributed by atoms with Gasteiger partial charge in [0.05, 0.1) is 0 Å². The lowest BCUT2D eigenvalue weighted by atomic mass is 10.3. The van der Waals surface area contributed by atoms with Crippen molar-refractivity contribution in [2.45, 2.75) is 0 Å². The van der Waals surface area contributed by atoms with E-state index in [2.05, 4.69) is 0 Å². The van der Waals surface area contributed by atoms with Crippen molar-refractivity contribution < 1.29 is 0 Å². The monoisotopic (exact) mass is 157 g/mol. The fraction of sp³-hybridized carbons (Fsp3) is 0. The number of nitrogens with two attached hydrogens (primary N) is 1. The number of anilines is 1. The molecule has 9 heavy (non-hydrogen) atoms. The van der Waals surface area contributed by atoms with Gasteiger partial charge in [-0.15, -0.1) is 0 Å². The Morgan fingerprint density at radius 3 is 2.56 bits per heavy atom. The molecule has 0 bridgehead atoms. The van der Waals surface area contributed by atoms with Crippen LogP contribution in [0.25, 0.3) is 0 Å². The molecule has 48 valence electrons. The summed E-state index contributed by atoms with van der Waals surface area (Å²) in [6.07, 6.45) is 0. The molecule has 0 aliphatic rings. The molecule has 0 unspecified atom stereocenters. The Labute approximate surface area is 62.2 Å². The van der Waals surface area contributed by atoms with Gasteiger partial charge in [0.2, 0.25) is 0 Å². The second-order valence-corrected chi connectivity index (χ2v) is 3.51. The van der Waals surface area contributed by atoms with Crippen molar-refractivity contribution in [3.8, 4) is 0 Å². The molecule has 2 N–H and O–H groups in total. The molecular formula is C6H8ClNSi. The van der Waals surface area contributed by atoms with E-state index >= 15 is 0 Å². The Bertz CT molecular complexity index is 224. The molecule has 1 aromatic rings. The molecule has 0 atom stereocenters. The summed E-state index contributed by atoms with van der Waals surface area (Å²) in [5.41, 5.74) is 6.38. The van der Waals surface area contributed by atoms with E-state index in [1.165, 1.54) is 5.19 Å². The van der Waals surface area contributed by atoms with Gasteiger partial charge in [-0.25, -0.2) is 0 Å². The van der Waals surface area contributed by atoms with E-state index in [9.17, 15) is 0 Å². The van der Waals surface area contributed by atoms with Crippen LogP contribution < -0.4 is 10.9 Å². The van der Waals surface area contributed by atoms with Gasteiger partial charge < -0.3 is 5.73 Å². The molecule has 0 aromatic heterocycles. The smallest absolute Gasteiger partial charge is 0.0426 e. The number of nitrogen functional groups attached to an aromatic ring is 1. The van der Waals surface area contributed by atoms with Crippen LogP contribution in [0.5, 0.6) is 0 Å². The van der Waals surface area contributed by atoms with Crippen LogP contribution in [-0.4, -0.2) is 10.2 Å². The summed E-state index contributed by atoms with van der Waals surface area (Å²) >= 11 is 5.65. The maximum atomic E-state index is 5.65. The average Bonchev–Trinajstić information content (AvgIpc) is 1.80. The zero-order valence-corrected chi connectivity index (χ0v) is 7.94. The van der Waals surface area contributed by atoms with E-state index in [1.807, 2.05) is 12.1 Å². The van der Waals surface area contributed by atoms with E-state index in [0.717, 1.165) is 15.9 Å². The normalized spacial score (nSPS) is 9.89. The molecule has 0 saturated heterocycles. The minimum Gasteiger partial charge on any atom is -0.399 e. The minimum atomic E-state index is 0.715. The molecule has 0 saturated carbocycles. The quantitative estimate of drug-likeness (QED) is 0.414. The molecule has 1 rings (SSSR count). The molecule has 3 heteroatoms. The van der Waals surface area contributed by atoms with Gasteiger partial charge in [-0.05, 0) is 17.3 Å². The van der Waals surface area contributed by atoms with Gasteiger partial charge in [0.1, 0.15) is 0 Å². The third kappa shape index (κ3) is 1.47. The Balaban J connectivity index is 3.17. The van der Waals surface area contributed by atoms with E-state index < -0.39 is 0 Å². The van der Waals surface area contributed by atoms with Crippen molar-refractivity contribution in [2.75, 3.05) is 5.73 Å². The Hall–Kier alpha value is -0.473. The van der Waals surface area contributed by atoms with Crippen LogP contribution in [0.15, 0.2) is 18.2 Å². The second-order valence-electron chi connectivity index (χ2n) is 2.00. The lowest BCUT2D eigenvalue weighted by molar-refractivity contribution is 1.74. The van der Waals surface area contributed by atoms with Crippen molar-refractivity contribution in [1.29, 1.82) is 0 Å². The van der Waals surface area contributed by atoms with Gasteiger partial charge in [0.25, 0.3) is 0 Å². The SMILES string of the molecule is Nc1cc(Cl)ccc1[SiH3]. The van der Waals surface area contributed by atoms with Crippen LogP contribution in [0.4, 0.5) is 5.69 Å². The second kappa shape index (κ2) is 2.41. The van der Waals surface area contributed by atoms with Gasteiger partial charge in [-0.1, -0.05) is 17.7 Å². The largest absolute Gasteiger partial charge is 0.399 e. The Morgan fingerprint density at radius 2 is 2.11 bits per heavy atom. The topological polar surface area (TPSA) is 26.0 Å². The highest BCUT2D eigenvalue weighted by molar-refractivity contribution is 6.37. The van der Waals surface area contributed by atoms with Crippen LogP contribution >= 0.6 is 11.6 Å². The van der Waals surface area contributed by atoms with E-state index in [1.54, 1.807) is 6.07 Å².